The van der Waals surface area contributed by atoms with Crippen LogP contribution in [0.1, 0.15) is 12.5 Å². The smallest absolute Gasteiger partial charge is 0.249 e. The summed E-state index contributed by atoms with van der Waals surface area (Å²) in [6.45, 7) is 7.21. The fourth-order valence-electron chi connectivity index (χ4n) is 2.90. The molecule has 7 heteroatoms. The quantitative estimate of drug-likeness (QED) is 0.367. The Hall–Kier alpha value is -2.64. The zero-order valence-corrected chi connectivity index (χ0v) is 18.6. The van der Waals surface area contributed by atoms with E-state index in [4.69, 9.17) is 0 Å². The third-order valence-electron chi connectivity index (χ3n) is 4.58. The van der Waals surface area contributed by atoms with Crippen LogP contribution in [0.4, 0.5) is 16.5 Å². The number of aryl methyl sites for hydroxylation is 1. The van der Waals surface area contributed by atoms with E-state index in [1.165, 1.54) is 17.1 Å². The Morgan fingerprint density at radius 3 is 2.48 bits per heavy atom. The molecular weight excluding hydrogens is 380 g/mol. The number of quaternary nitrogens is 1. The molecule has 0 aliphatic heterocycles. The molecule has 3 aromatic rings. The number of likely N-dealkylation sites (N-methyl/N-ethyl adjacent to an activating group) is 2. The van der Waals surface area contributed by atoms with Crippen molar-refractivity contribution in [3.05, 3.63) is 54.1 Å². The minimum atomic E-state index is 0.560. The number of azo groups is 1. The van der Waals surface area contributed by atoms with Gasteiger partial charge in [0.05, 0.1) is 39.9 Å². The van der Waals surface area contributed by atoms with E-state index >= 15 is 0 Å². The van der Waals surface area contributed by atoms with Gasteiger partial charge in [0.1, 0.15) is 5.69 Å². The summed E-state index contributed by atoms with van der Waals surface area (Å²) >= 11 is 1.26. The van der Waals surface area contributed by atoms with Gasteiger partial charge in [-0.15, -0.1) is 10.2 Å². The Morgan fingerprint density at radius 2 is 1.79 bits per heavy atom. The number of aromatic nitrogens is 2. The fraction of sp³-hybridized carbons (Fsp3) is 0.364. The monoisotopic (exact) mass is 409 g/mol. The van der Waals surface area contributed by atoms with Crippen LogP contribution in [0.15, 0.2) is 58.8 Å². The molecule has 2 aromatic carbocycles. The summed E-state index contributed by atoms with van der Waals surface area (Å²) in [7, 11) is 6.64. The molecule has 1 heterocycles. The van der Waals surface area contributed by atoms with Crippen molar-refractivity contribution in [3.63, 3.8) is 0 Å². The second-order valence-electron chi connectivity index (χ2n) is 8.05. The van der Waals surface area contributed by atoms with E-state index in [2.05, 4.69) is 71.6 Å². The Balaban J connectivity index is 1.83. The molecule has 0 aliphatic rings. The summed E-state index contributed by atoms with van der Waals surface area (Å²) in [6, 6.07) is 16.2. The lowest BCUT2D eigenvalue weighted by molar-refractivity contribution is -0.868. The van der Waals surface area contributed by atoms with Crippen LogP contribution in [0, 0.1) is 6.92 Å². The van der Waals surface area contributed by atoms with E-state index in [1.807, 2.05) is 36.4 Å². The van der Waals surface area contributed by atoms with Crippen molar-refractivity contribution in [2.24, 2.45) is 10.2 Å². The average Bonchev–Trinajstić information content (AvgIpc) is 3.17. The summed E-state index contributed by atoms with van der Waals surface area (Å²) in [5, 5.41) is 9.46. The van der Waals surface area contributed by atoms with Gasteiger partial charge in [-0.2, -0.15) is 9.36 Å². The molecule has 0 atom stereocenters. The molecule has 0 aliphatic carbocycles. The van der Waals surface area contributed by atoms with E-state index in [0.29, 0.717) is 11.0 Å². The first-order valence-corrected chi connectivity index (χ1v) is 10.6. The van der Waals surface area contributed by atoms with Gasteiger partial charge in [0.2, 0.25) is 5.13 Å². The zero-order chi connectivity index (χ0) is 20.9. The molecule has 0 saturated heterocycles. The number of hydrogen-bond donors (Lipinski definition) is 0. The van der Waals surface area contributed by atoms with Crippen LogP contribution in [0.2, 0.25) is 0 Å². The van der Waals surface area contributed by atoms with E-state index in [9.17, 15) is 0 Å². The van der Waals surface area contributed by atoms with E-state index in [-0.39, 0.29) is 0 Å². The van der Waals surface area contributed by atoms with Gasteiger partial charge in [-0.25, -0.2) is 0 Å². The molecule has 1 aromatic heterocycles. The minimum Gasteiger partial charge on any atom is -0.364 e. The van der Waals surface area contributed by atoms with Gasteiger partial charge in [-0.3, -0.25) is 0 Å². The third-order valence-corrected chi connectivity index (χ3v) is 5.19. The fourth-order valence-corrected chi connectivity index (χ4v) is 3.42. The number of anilines is 1. The van der Waals surface area contributed by atoms with Crippen LogP contribution in [0.3, 0.4) is 0 Å². The second kappa shape index (κ2) is 9.24. The first-order chi connectivity index (χ1) is 13.9. The highest BCUT2D eigenvalue weighted by Crippen LogP contribution is 2.32. The maximum absolute atomic E-state index is 4.52. The normalized spacial score (nSPS) is 11.9. The Kier molecular flexibility index (Phi) is 6.71. The molecule has 152 valence electrons. The Labute approximate surface area is 177 Å². The number of nitrogens with zero attached hydrogens (tertiary/aromatic N) is 6. The Morgan fingerprint density at radius 1 is 1.03 bits per heavy atom. The van der Waals surface area contributed by atoms with Crippen molar-refractivity contribution < 1.29 is 4.48 Å². The summed E-state index contributed by atoms with van der Waals surface area (Å²) in [5.74, 6) is 0.687. The molecule has 3 rings (SSSR count). The average molecular weight is 410 g/mol. The largest absolute Gasteiger partial charge is 0.364 e. The topological polar surface area (TPSA) is 53.7 Å². The van der Waals surface area contributed by atoms with Crippen LogP contribution < -0.4 is 4.90 Å². The molecule has 6 nitrogen and oxygen atoms in total. The van der Waals surface area contributed by atoms with E-state index in [0.717, 1.165) is 41.1 Å². The Bertz CT molecular complexity index is 959. The maximum atomic E-state index is 4.52. The van der Waals surface area contributed by atoms with Gasteiger partial charge < -0.3 is 9.38 Å². The standard InChI is InChI=1S/C22H29N6S/c1-6-27(14-15-28(3,4)5)20-16-17(2)12-13-19(20)24-25-22-23-21(26-29-22)18-10-8-7-9-11-18/h7-13,16H,6,14-15H2,1-5H3/q+1. The molecule has 29 heavy (non-hydrogen) atoms. The highest BCUT2D eigenvalue weighted by molar-refractivity contribution is 7.09. The van der Waals surface area contributed by atoms with E-state index < -0.39 is 0 Å². The zero-order valence-electron chi connectivity index (χ0n) is 17.8. The molecule has 0 spiro atoms. The lowest BCUT2D eigenvalue weighted by Gasteiger charge is -2.30. The minimum absolute atomic E-state index is 0.560. The molecule has 0 N–H and O–H groups in total. The highest BCUT2D eigenvalue weighted by atomic mass is 32.1. The van der Waals surface area contributed by atoms with Gasteiger partial charge in [0.15, 0.2) is 5.82 Å². The summed E-state index contributed by atoms with van der Waals surface area (Å²) < 4.78 is 5.33. The van der Waals surface area contributed by atoms with Gasteiger partial charge in [-0.1, -0.05) is 36.4 Å². The predicted octanol–water partition coefficient (Wildman–Crippen LogP) is 5.46. The van der Waals surface area contributed by atoms with Crippen LogP contribution in [0.25, 0.3) is 11.4 Å². The number of benzene rings is 2. The van der Waals surface area contributed by atoms with Crippen molar-refractivity contribution in [2.75, 3.05) is 45.7 Å². The number of hydrogen-bond acceptors (Lipinski definition) is 6. The van der Waals surface area contributed by atoms with Crippen molar-refractivity contribution in [1.29, 1.82) is 0 Å². The predicted molar refractivity (Wildman–Crippen MR) is 121 cm³/mol. The van der Waals surface area contributed by atoms with Crippen LogP contribution >= 0.6 is 11.5 Å². The summed E-state index contributed by atoms with van der Waals surface area (Å²) in [5.41, 5.74) is 4.16. The van der Waals surface area contributed by atoms with Gasteiger partial charge in [0, 0.05) is 23.6 Å². The molecule has 0 radical (unpaired) electrons. The van der Waals surface area contributed by atoms with Gasteiger partial charge in [0.25, 0.3) is 0 Å². The maximum Gasteiger partial charge on any atom is 0.249 e. The lowest BCUT2D eigenvalue weighted by atomic mass is 10.1. The molecular formula is C22H29N6S+. The van der Waals surface area contributed by atoms with Gasteiger partial charge >= 0.3 is 0 Å². The molecule has 0 amide bonds. The SMILES string of the molecule is CCN(CC[N+](C)(C)C)c1cc(C)ccc1N=Nc1nc(-c2ccccc2)ns1. The van der Waals surface area contributed by atoms with Crippen molar-refractivity contribution in [3.8, 4) is 11.4 Å². The molecule has 0 unspecified atom stereocenters. The lowest BCUT2D eigenvalue weighted by Crippen LogP contribution is -2.42. The molecule has 0 saturated carbocycles. The molecule has 0 bridgehead atoms. The van der Waals surface area contributed by atoms with Crippen molar-refractivity contribution in [1.82, 2.24) is 9.36 Å². The first-order valence-electron chi connectivity index (χ1n) is 9.82. The van der Waals surface area contributed by atoms with Gasteiger partial charge in [-0.05, 0) is 31.5 Å². The summed E-state index contributed by atoms with van der Waals surface area (Å²) in [4.78, 5) is 6.87. The van der Waals surface area contributed by atoms with Crippen molar-refractivity contribution >= 4 is 28.0 Å². The third kappa shape index (κ3) is 5.92. The first kappa shape index (κ1) is 21.1. The summed E-state index contributed by atoms with van der Waals surface area (Å²) in [6.07, 6.45) is 0. The number of rotatable bonds is 8. The van der Waals surface area contributed by atoms with Crippen LogP contribution in [-0.4, -0.2) is 54.6 Å². The van der Waals surface area contributed by atoms with Crippen LogP contribution in [-0.2, 0) is 0 Å². The molecule has 0 fully saturated rings. The van der Waals surface area contributed by atoms with Crippen molar-refractivity contribution in [2.45, 2.75) is 13.8 Å². The second-order valence-corrected chi connectivity index (χ2v) is 8.78. The van der Waals surface area contributed by atoms with E-state index in [1.54, 1.807) is 0 Å². The van der Waals surface area contributed by atoms with Crippen LogP contribution in [0.5, 0.6) is 0 Å². The highest BCUT2D eigenvalue weighted by Gasteiger charge is 2.15.